The summed E-state index contributed by atoms with van der Waals surface area (Å²) in [5.41, 5.74) is 7.09. The molecule has 0 heterocycles. The molecule has 0 amide bonds. The van der Waals surface area contributed by atoms with Gasteiger partial charge in [-0.05, 0) is 79.0 Å². The van der Waals surface area contributed by atoms with E-state index in [9.17, 15) is 38.9 Å². The Hall–Kier alpha value is -0.0803. The van der Waals surface area contributed by atoms with Crippen LogP contribution in [0.15, 0.2) is 24.3 Å². The summed E-state index contributed by atoms with van der Waals surface area (Å²) < 4.78 is 22.8. The van der Waals surface area contributed by atoms with Crippen molar-refractivity contribution in [2.75, 3.05) is 13.2 Å². The van der Waals surface area contributed by atoms with Crippen LogP contribution in [0.1, 0.15) is 128 Å². The maximum atomic E-state index is 11.4. The topological polar surface area (TPSA) is 156 Å². The average Bonchev–Trinajstić information content (AvgIpc) is 2.76. The molecule has 0 unspecified atom stereocenters. The van der Waals surface area contributed by atoms with Gasteiger partial charge >= 0.3 is 15.2 Å². The molecule has 0 bridgehead atoms. The Bertz CT molecular complexity index is 1190. The molecule has 2 aromatic carbocycles. The van der Waals surface area contributed by atoms with Gasteiger partial charge in [0, 0.05) is 51.0 Å². The van der Waals surface area contributed by atoms with E-state index in [0.29, 0.717) is 24.0 Å². The SMILES string of the molecule is CC(C)(C)c1cc(CP(=O)(O)O)cc(C(C)(C)C)c1CCO.CC(C)(C)c1cc(CP(=O)(O)O)cc(C(C)(C)C)c1CCO.[Ca]. The van der Waals surface area contributed by atoms with Crippen LogP contribution in [0.2, 0.25) is 0 Å². The largest absolute Gasteiger partial charge is 0.396 e. The minimum Gasteiger partial charge on any atom is -0.396 e. The van der Waals surface area contributed by atoms with Gasteiger partial charge in [0.25, 0.3) is 0 Å². The zero-order chi connectivity index (χ0) is 34.7. The summed E-state index contributed by atoms with van der Waals surface area (Å²) in [6.07, 6.45) is 0.599. The first-order chi connectivity index (χ1) is 19.5. The zero-order valence-corrected chi connectivity index (χ0v) is 33.7. The minimum absolute atomic E-state index is 0. The van der Waals surface area contributed by atoms with Crippen LogP contribution in [0.4, 0.5) is 0 Å². The van der Waals surface area contributed by atoms with Crippen molar-refractivity contribution < 1.29 is 38.9 Å². The van der Waals surface area contributed by atoms with Crippen LogP contribution in [0.25, 0.3) is 0 Å². The predicted octanol–water partition coefficient (Wildman–Crippen LogP) is 6.61. The van der Waals surface area contributed by atoms with Crippen LogP contribution in [-0.2, 0) is 56.0 Å². The molecule has 45 heavy (non-hydrogen) atoms. The van der Waals surface area contributed by atoms with E-state index in [-0.39, 0.29) is 84.9 Å². The number of benzene rings is 2. The van der Waals surface area contributed by atoms with Gasteiger partial charge in [0.2, 0.25) is 0 Å². The van der Waals surface area contributed by atoms with Crippen molar-refractivity contribution in [2.45, 2.75) is 130 Å². The van der Waals surface area contributed by atoms with Crippen LogP contribution >= 0.6 is 15.2 Å². The number of aliphatic hydroxyl groups excluding tert-OH is 2. The Kier molecular flexibility index (Phi) is 16.5. The molecule has 6 N–H and O–H groups in total. The van der Waals surface area contributed by atoms with E-state index >= 15 is 0 Å². The van der Waals surface area contributed by atoms with Crippen LogP contribution in [0.5, 0.6) is 0 Å². The predicted molar refractivity (Wildman–Crippen MR) is 187 cm³/mol. The Labute approximate surface area is 301 Å². The molecule has 0 fully saturated rings. The van der Waals surface area contributed by atoms with Crippen molar-refractivity contribution in [1.29, 1.82) is 0 Å². The average molecular weight is 697 g/mol. The molecule has 0 aliphatic heterocycles. The van der Waals surface area contributed by atoms with Gasteiger partial charge in [0.15, 0.2) is 0 Å². The van der Waals surface area contributed by atoms with Crippen molar-refractivity contribution in [2.24, 2.45) is 0 Å². The summed E-state index contributed by atoms with van der Waals surface area (Å²) in [4.78, 5) is 37.2. The first-order valence-electron chi connectivity index (χ1n) is 15.2. The summed E-state index contributed by atoms with van der Waals surface area (Å²) in [5, 5.41) is 18.9. The monoisotopic (exact) mass is 696 g/mol. The van der Waals surface area contributed by atoms with Crippen molar-refractivity contribution in [3.05, 3.63) is 68.8 Å². The van der Waals surface area contributed by atoms with Crippen LogP contribution < -0.4 is 0 Å². The number of aliphatic hydroxyl groups is 2. The Morgan fingerprint density at radius 2 is 0.689 bits per heavy atom. The van der Waals surface area contributed by atoms with Crippen LogP contribution in [0.3, 0.4) is 0 Å². The van der Waals surface area contributed by atoms with Crippen LogP contribution in [-0.4, -0.2) is 80.7 Å². The molecule has 2 rings (SSSR count). The Morgan fingerprint density at radius 3 is 0.822 bits per heavy atom. The number of rotatable bonds is 8. The third kappa shape index (κ3) is 14.9. The summed E-state index contributed by atoms with van der Waals surface area (Å²) in [6.45, 7) is 25.1. The summed E-state index contributed by atoms with van der Waals surface area (Å²) >= 11 is 0. The van der Waals surface area contributed by atoms with Gasteiger partial charge in [-0.3, -0.25) is 9.13 Å². The fourth-order valence-corrected chi connectivity index (χ4v) is 6.88. The Morgan fingerprint density at radius 1 is 0.489 bits per heavy atom. The van der Waals surface area contributed by atoms with Gasteiger partial charge in [-0.2, -0.15) is 0 Å². The van der Waals surface area contributed by atoms with E-state index < -0.39 is 15.2 Å². The van der Waals surface area contributed by atoms with Crippen molar-refractivity contribution >= 4 is 52.9 Å². The standard InChI is InChI=1S/2C17H29O4P.Ca/c2*1-16(2,3)14-9-12(11-22(19,20)21)10-15(17(4,5)6)13(14)7-8-18;/h2*9-10,18H,7-8,11H2,1-6H3,(H2,19,20,21);. The van der Waals surface area contributed by atoms with E-state index in [2.05, 4.69) is 83.1 Å². The molecular weight excluding hydrogens is 638 g/mol. The molecule has 8 nitrogen and oxygen atoms in total. The van der Waals surface area contributed by atoms with E-state index in [4.69, 9.17) is 0 Å². The molecule has 0 atom stereocenters. The van der Waals surface area contributed by atoms with Crippen molar-refractivity contribution in [3.8, 4) is 0 Å². The molecule has 0 aliphatic carbocycles. The third-order valence-corrected chi connectivity index (χ3v) is 8.91. The van der Waals surface area contributed by atoms with Crippen LogP contribution in [0, 0.1) is 0 Å². The summed E-state index contributed by atoms with van der Waals surface area (Å²) in [6, 6.07) is 7.55. The molecule has 0 aromatic heterocycles. The second kappa shape index (κ2) is 16.5. The zero-order valence-electron chi connectivity index (χ0n) is 29.7. The van der Waals surface area contributed by atoms with E-state index in [1.807, 2.05) is 24.3 Å². The van der Waals surface area contributed by atoms with E-state index in [1.54, 1.807) is 0 Å². The van der Waals surface area contributed by atoms with Crippen molar-refractivity contribution in [3.63, 3.8) is 0 Å². The van der Waals surface area contributed by atoms with Gasteiger partial charge in [-0.1, -0.05) is 107 Å². The molecule has 2 radical (unpaired) electrons. The molecule has 0 aliphatic rings. The third-order valence-electron chi connectivity index (χ3n) is 7.35. The molecule has 2 aromatic rings. The van der Waals surface area contributed by atoms with E-state index in [1.165, 1.54) is 0 Å². The molecule has 0 saturated heterocycles. The smallest absolute Gasteiger partial charge is 0.329 e. The van der Waals surface area contributed by atoms with Gasteiger partial charge in [-0.25, -0.2) is 0 Å². The maximum Gasteiger partial charge on any atom is 0.329 e. The quantitative estimate of drug-likeness (QED) is 0.133. The second-order valence-electron chi connectivity index (χ2n) is 15.9. The molecule has 0 saturated carbocycles. The first-order valence-corrected chi connectivity index (χ1v) is 18.7. The number of hydrogen-bond donors (Lipinski definition) is 6. The van der Waals surface area contributed by atoms with Crippen molar-refractivity contribution in [1.82, 2.24) is 0 Å². The van der Waals surface area contributed by atoms with Gasteiger partial charge in [0.05, 0.1) is 12.3 Å². The second-order valence-corrected chi connectivity index (χ2v) is 19.2. The number of hydrogen-bond acceptors (Lipinski definition) is 4. The summed E-state index contributed by atoms with van der Waals surface area (Å²) in [7, 11) is -8.22. The minimum atomic E-state index is -4.11. The molecule has 254 valence electrons. The molecule has 0 spiro atoms. The van der Waals surface area contributed by atoms with E-state index in [0.717, 1.165) is 33.4 Å². The van der Waals surface area contributed by atoms with Gasteiger partial charge in [-0.15, -0.1) is 0 Å². The summed E-state index contributed by atoms with van der Waals surface area (Å²) in [5.74, 6) is 0. The fourth-order valence-electron chi connectivity index (χ4n) is 5.56. The Balaban J connectivity index is 0.000000842. The van der Waals surface area contributed by atoms with Gasteiger partial charge < -0.3 is 29.8 Å². The molecular formula is C34H58CaO8P2. The first kappa shape index (κ1) is 44.9. The normalized spacial score (nSPS) is 13.2. The maximum absolute atomic E-state index is 11.4. The fraction of sp³-hybridized carbons (Fsp3) is 0.647. The molecule has 11 heteroatoms. The van der Waals surface area contributed by atoms with Gasteiger partial charge in [0.1, 0.15) is 0 Å².